The van der Waals surface area contributed by atoms with Crippen LogP contribution in [0.5, 0.6) is 0 Å². The summed E-state index contributed by atoms with van der Waals surface area (Å²) in [4.78, 5) is 45.0. The maximum absolute atomic E-state index is 12.0. The average molecular weight is 341 g/mol. The quantitative estimate of drug-likeness (QED) is 0.321. The molecule has 0 bridgehead atoms. The van der Waals surface area contributed by atoms with Crippen molar-refractivity contribution in [2.75, 3.05) is 5.73 Å². The molecule has 0 fully saturated rings. The second-order valence-corrected chi connectivity index (χ2v) is 6.41. The van der Waals surface area contributed by atoms with E-state index in [4.69, 9.17) is 5.73 Å². The van der Waals surface area contributed by atoms with E-state index in [2.05, 4.69) is 0 Å². The molecule has 0 aliphatic rings. The highest BCUT2D eigenvalue weighted by molar-refractivity contribution is 7.86. The summed E-state index contributed by atoms with van der Waals surface area (Å²) in [7, 11) is -4.87. The molecule has 0 radical (unpaired) electrons. The zero-order valence-corrected chi connectivity index (χ0v) is 13.3. The predicted octanol–water partition coefficient (Wildman–Crippen LogP) is 0.839. The molecule has 0 saturated heterocycles. The highest BCUT2D eigenvalue weighted by Crippen LogP contribution is 2.26. The number of carbonyl (C=O) groups is 4. The molecule has 1 aromatic rings. The van der Waals surface area contributed by atoms with Gasteiger partial charge in [-0.15, -0.1) is 0 Å². The molecule has 0 aliphatic carbocycles. The number of anilines is 1. The number of nitrogen functional groups attached to an aromatic ring is 1. The lowest BCUT2D eigenvalue weighted by molar-refractivity contribution is -0.117. The van der Waals surface area contributed by atoms with Gasteiger partial charge in [0.25, 0.3) is 10.1 Å². The lowest BCUT2D eigenvalue weighted by Gasteiger charge is -2.11. The summed E-state index contributed by atoms with van der Waals surface area (Å²) in [5.41, 5.74) is 4.46. The van der Waals surface area contributed by atoms with E-state index in [-0.39, 0.29) is 11.3 Å². The Balaban J connectivity index is 3.55. The molecular weight excluding hydrogens is 326 g/mol. The molecule has 0 aromatic heterocycles. The third-order valence-corrected chi connectivity index (χ3v) is 3.71. The number of hydrogen-bond donors (Lipinski definition) is 2. The highest BCUT2D eigenvalue weighted by atomic mass is 32.2. The van der Waals surface area contributed by atoms with Crippen molar-refractivity contribution in [3.05, 3.63) is 23.3 Å². The normalized spacial score (nSPS) is 11.1. The van der Waals surface area contributed by atoms with Crippen LogP contribution in [0.15, 0.2) is 17.0 Å². The van der Waals surface area contributed by atoms with Crippen molar-refractivity contribution in [3.8, 4) is 0 Å². The van der Waals surface area contributed by atoms with Gasteiger partial charge in [0, 0.05) is 11.3 Å². The lowest BCUT2D eigenvalue weighted by Crippen LogP contribution is -2.16. The van der Waals surface area contributed by atoms with Crippen LogP contribution < -0.4 is 5.73 Å². The number of hydrogen-bond acceptors (Lipinski definition) is 7. The average Bonchev–Trinajstić information content (AvgIpc) is 2.34. The molecule has 8 nitrogen and oxygen atoms in total. The van der Waals surface area contributed by atoms with E-state index in [1.807, 2.05) is 0 Å². The molecule has 1 rings (SSSR count). The molecule has 23 heavy (non-hydrogen) atoms. The first-order valence-corrected chi connectivity index (χ1v) is 7.83. The fourth-order valence-corrected chi connectivity index (χ4v) is 2.71. The molecule has 0 heterocycles. The molecular formula is C14H15NO7S. The standard InChI is InChI=1S/C14H15NO7S/c1-7(16)3-11(18)9-5-10(15)14(12(19)4-8(2)17)13(6-9)23(20,21)22/h5-6H,3-4,15H2,1-2H3,(H,20,21,22). The van der Waals surface area contributed by atoms with E-state index in [1.54, 1.807) is 0 Å². The van der Waals surface area contributed by atoms with Gasteiger partial charge in [0.15, 0.2) is 11.6 Å². The molecule has 3 N–H and O–H groups in total. The van der Waals surface area contributed by atoms with E-state index in [1.165, 1.54) is 6.92 Å². The van der Waals surface area contributed by atoms with E-state index in [0.717, 1.165) is 19.1 Å². The van der Waals surface area contributed by atoms with Crippen LogP contribution in [0.3, 0.4) is 0 Å². The van der Waals surface area contributed by atoms with Crippen LogP contribution >= 0.6 is 0 Å². The maximum atomic E-state index is 12.0. The van der Waals surface area contributed by atoms with E-state index in [9.17, 15) is 32.1 Å². The Morgan fingerprint density at radius 3 is 1.91 bits per heavy atom. The molecule has 9 heteroatoms. The minimum absolute atomic E-state index is 0.232. The Morgan fingerprint density at radius 2 is 1.48 bits per heavy atom. The highest BCUT2D eigenvalue weighted by Gasteiger charge is 2.26. The zero-order valence-electron chi connectivity index (χ0n) is 12.5. The number of rotatable bonds is 7. The first kappa shape index (κ1) is 18.7. The van der Waals surface area contributed by atoms with Crippen LogP contribution in [0, 0.1) is 0 Å². The van der Waals surface area contributed by atoms with Crippen molar-refractivity contribution < 1.29 is 32.1 Å². The van der Waals surface area contributed by atoms with Gasteiger partial charge in [-0.1, -0.05) is 0 Å². The minimum atomic E-state index is -4.87. The van der Waals surface area contributed by atoms with Crippen molar-refractivity contribution in [1.82, 2.24) is 0 Å². The second-order valence-electron chi connectivity index (χ2n) is 5.02. The molecule has 0 amide bonds. The summed E-state index contributed by atoms with van der Waals surface area (Å²) in [5.74, 6) is -2.57. The van der Waals surface area contributed by atoms with E-state index >= 15 is 0 Å². The van der Waals surface area contributed by atoms with Gasteiger partial charge < -0.3 is 5.73 Å². The summed E-state index contributed by atoms with van der Waals surface area (Å²) in [6.45, 7) is 2.31. The van der Waals surface area contributed by atoms with Crippen molar-refractivity contribution in [1.29, 1.82) is 0 Å². The fraction of sp³-hybridized carbons (Fsp3) is 0.286. The second kappa shape index (κ2) is 6.80. The molecule has 0 aliphatic heterocycles. The SMILES string of the molecule is CC(=O)CC(=O)c1cc(N)c(C(=O)CC(C)=O)c(S(=O)(=O)O)c1. The van der Waals surface area contributed by atoms with Gasteiger partial charge in [0.1, 0.15) is 16.5 Å². The van der Waals surface area contributed by atoms with E-state index in [0.29, 0.717) is 0 Å². The van der Waals surface area contributed by atoms with Gasteiger partial charge in [0.05, 0.1) is 18.4 Å². The first-order chi connectivity index (χ1) is 10.4. The molecule has 0 atom stereocenters. The first-order valence-electron chi connectivity index (χ1n) is 6.39. The maximum Gasteiger partial charge on any atom is 0.295 e. The smallest absolute Gasteiger partial charge is 0.295 e. The van der Waals surface area contributed by atoms with Crippen molar-refractivity contribution in [2.45, 2.75) is 31.6 Å². The third kappa shape index (κ3) is 4.80. The van der Waals surface area contributed by atoms with Gasteiger partial charge in [-0.2, -0.15) is 8.42 Å². The van der Waals surface area contributed by atoms with Crippen LogP contribution in [0.4, 0.5) is 5.69 Å². The Kier molecular flexibility index (Phi) is 5.51. The monoisotopic (exact) mass is 341 g/mol. The van der Waals surface area contributed by atoms with Gasteiger partial charge in [0.2, 0.25) is 0 Å². The van der Waals surface area contributed by atoms with Gasteiger partial charge in [-0.25, -0.2) is 0 Å². The summed E-state index contributed by atoms with van der Waals surface area (Å²) in [5, 5.41) is 0. The molecule has 1 aromatic carbocycles. The Labute approximate surface area is 132 Å². The van der Waals surface area contributed by atoms with Crippen LogP contribution in [0.1, 0.15) is 47.4 Å². The summed E-state index contributed by atoms with van der Waals surface area (Å²) in [6.07, 6.45) is -1.08. The van der Waals surface area contributed by atoms with Crippen LogP contribution in [0.2, 0.25) is 0 Å². The van der Waals surface area contributed by atoms with Crippen molar-refractivity contribution >= 4 is 38.9 Å². The largest absolute Gasteiger partial charge is 0.398 e. The van der Waals surface area contributed by atoms with Gasteiger partial charge >= 0.3 is 0 Å². The summed E-state index contributed by atoms with van der Waals surface area (Å²) < 4.78 is 32.2. The van der Waals surface area contributed by atoms with Crippen LogP contribution in [0.25, 0.3) is 0 Å². The Hall–Kier alpha value is -2.39. The third-order valence-electron chi connectivity index (χ3n) is 2.83. The van der Waals surface area contributed by atoms with E-state index < -0.39 is 56.6 Å². The molecule has 0 saturated carbocycles. The minimum Gasteiger partial charge on any atom is -0.398 e. The lowest BCUT2D eigenvalue weighted by atomic mass is 9.99. The number of ketones is 4. The summed E-state index contributed by atoms with van der Waals surface area (Å²) >= 11 is 0. The van der Waals surface area contributed by atoms with Crippen LogP contribution in [-0.2, 0) is 19.7 Å². The number of carbonyl (C=O) groups excluding carboxylic acids is 4. The topological polar surface area (TPSA) is 149 Å². The molecule has 0 unspecified atom stereocenters. The molecule has 124 valence electrons. The van der Waals surface area contributed by atoms with Crippen molar-refractivity contribution in [2.24, 2.45) is 0 Å². The number of Topliss-reactive ketones (excluding diaryl/α,β-unsaturated/α-hetero) is 4. The molecule has 0 spiro atoms. The fourth-order valence-electron chi connectivity index (χ4n) is 1.94. The zero-order chi connectivity index (χ0) is 17.9. The number of benzene rings is 1. The van der Waals surface area contributed by atoms with Gasteiger partial charge in [-0.05, 0) is 26.0 Å². The Bertz CT molecular complexity index is 809. The van der Waals surface area contributed by atoms with Crippen LogP contribution in [-0.4, -0.2) is 36.1 Å². The van der Waals surface area contributed by atoms with Gasteiger partial charge in [-0.3, -0.25) is 23.7 Å². The summed E-state index contributed by atoms with van der Waals surface area (Å²) in [6, 6.07) is 1.80. The van der Waals surface area contributed by atoms with Crippen molar-refractivity contribution in [3.63, 3.8) is 0 Å². The predicted molar refractivity (Wildman–Crippen MR) is 79.9 cm³/mol. The Morgan fingerprint density at radius 1 is 1.00 bits per heavy atom. The number of nitrogens with two attached hydrogens (primary N) is 1.